The average Bonchev–Trinajstić information content (AvgIpc) is 2.98. The first kappa shape index (κ1) is 21.3. The second-order valence-corrected chi connectivity index (χ2v) is 6.93. The number of carbonyl (C=O) groups excluding carboxylic acids is 2. The van der Waals surface area contributed by atoms with Crippen molar-refractivity contribution in [1.29, 1.82) is 0 Å². The lowest BCUT2D eigenvalue weighted by atomic mass is 10.1. The van der Waals surface area contributed by atoms with Crippen molar-refractivity contribution in [3.05, 3.63) is 59.3 Å². The standard InChI is InChI=1S/C22H22N2O5S/c1-4-14-5-8-16(9-6-14)24-21(27)17(23(22(24)30)13-20(26)29-3)11-15-7-10-18(25)19(12-15)28-2/h5-12,25H,4,13H2,1-3H3. The fourth-order valence-electron chi connectivity index (χ4n) is 3.08. The molecule has 0 saturated carbocycles. The van der Waals surface area contributed by atoms with Crippen LogP contribution in [0.2, 0.25) is 0 Å². The summed E-state index contributed by atoms with van der Waals surface area (Å²) >= 11 is 5.53. The van der Waals surface area contributed by atoms with Gasteiger partial charge in [0, 0.05) is 0 Å². The topological polar surface area (TPSA) is 79.3 Å². The van der Waals surface area contributed by atoms with Crippen LogP contribution in [-0.2, 0) is 20.7 Å². The number of rotatable bonds is 6. The number of thiocarbonyl (C=S) groups is 1. The summed E-state index contributed by atoms with van der Waals surface area (Å²) in [6, 6.07) is 12.2. The van der Waals surface area contributed by atoms with Gasteiger partial charge in [-0.2, -0.15) is 0 Å². The normalized spacial score (nSPS) is 15.1. The number of hydrogen-bond donors (Lipinski definition) is 1. The Hall–Kier alpha value is -3.39. The second-order valence-electron chi connectivity index (χ2n) is 6.57. The molecule has 0 spiro atoms. The molecule has 156 valence electrons. The smallest absolute Gasteiger partial charge is 0.325 e. The van der Waals surface area contributed by atoms with Gasteiger partial charge in [0.1, 0.15) is 12.2 Å². The van der Waals surface area contributed by atoms with E-state index in [9.17, 15) is 14.7 Å². The van der Waals surface area contributed by atoms with Gasteiger partial charge < -0.3 is 19.5 Å². The first-order valence-electron chi connectivity index (χ1n) is 9.30. The Labute approximate surface area is 180 Å². The van der Waals surface area contributed by atoms with Crippen molar-refractivity contribution in [2.75, 3.05) is 25.7 Å². The van der Waals surface area contributed by atoms with Gasteiger partial charge in [-0.25, -0.2) is 0 Å². The zero-order chi connectivity index (χ0) is 21.8. The first-order chi connectivity index (χ1) is 14.4. The van der Waals surface area contributed by atoms with Gasteiger partial charge in [-0.1, -0.05) is 25.1 Å². The molecule has 1 heterocycles. The van der Waals surface area contributed by atoms with E-state index in [1.807, 2.05) is 31.2 Å². The summed E-state index contributed by atoms with van der Waals surface area (Å²) in [6.07, 6.45) is 2.47. The van der Waals surface area contributed by atoms with Gasteiger partial charge >= 0.3 is 5.97 Å². The van der Waals surface area contributed by atoms with E-state index in [-0.39, 0.29) is 34.8 Å². The number of methoxy groups -OCH3 is 2. The minimum Gasteiger partial charge on any atom is -0.504 e. The molecule has 0 aliphatic carbocycles. The van der Waals surface area contributed by atoms with Gasteiger partial charge in [0.25, 0.3) is 5.91 Å². The van der Waals surface area contributed by atoms with E-state index in [1.54, 1.807) is 18.2 Å². The highest BCUT2D eigenvalue weighted by molar-refractivity contribution is 7.80. The van der Waals surface area contributed by atoms with Crippen LogP contribution in [0.5, 0.6) is 11.5 Å². The van der Waals surface area contributed by atoms with Crippen molar-refractivity contribution in [3.8, 4) is 11.5 Å². The van der Waals surface area contributed by atoms with Crippen molar-refractivity contribution in [2.24, 2.45) is 0 Å². The highest BCUT2D eigenvalue weighted by atomic mass is 32.1. The summed E-state index contributed by atoms with van der Waals surface area (Å²) in [5, 5.41) is 10.00. The molecule has 2 aromatic rings. The first-order valence-corrected chi connectivity index (χ1v) is 9.70. The number of amides is 1. The number of carbonyl (C=O) groups is 2. The SMILES string of the molecule is CCc1ccc(N2C(=O)C(=Cc3ccc(O)c(OC)c3)N(CC(=O)OC)C2=S)cc1. The number of benzene rings is 2. The summed E-state index contributed by atoms with van der Waals surface area (Å²) < 4.78 is 9.90. The average molecular weight is 426 g/mol. The van der Waals surface area contributed by atoms with Crippen LogP contribution in [-0.4, -0.2) is 47.8 Å². The molecule has 7 nitrogen and oxygen atoms in total. The Balaban J connectivity index is 2.04. The molecule has 1 aliphatic heterocycles. The lowest BCUT2D eigenvalue weighted by Crippen LogP contribution is -2.35. The molecule has 0 unspecified atom stereocenters. The number of hydrogen-bond acceptors (Lipinski definition) is 6. The lowest BCUT2D eigenvalue weighted by Gasteiger charge is -2.19. The van der Waals surface area contributed by atoms with Gasteiger partial charge in [0.2, 0.25) is 0 Å². The van der Waals surface area contributed by atoms with E-state index >= 15 is 0 Å². The molecule has 0 bridgehead atoms. The molecule has 3 rings (SSSR count). The van der Waals surface area contributed by atoms with Crippen molar-refractivity contribution in [1.82, 2.24) is 4.90 Å². The van der Waals surface area contributed by atoms with E-state index in [4.69, 9.17) is 21.7 Å². The molecular formula is C22H22N2O5S. The number of aryl methyl sites for hydroxylation is 1. The predicted octanol–water partition coefficient (Wildman–Crippen LogP) is 3.11. The number of esters is 1. The Bertz CT molecular complexity index is 1020. The van der Waals surface area contributed by atoms with Crippen molar-refractivity contribution in [3.63, 3.8) is 0 Å². The minimum atomic E-state index is -0.525. The van der Waals surface area contributed by atoms with Gasteiger partial charge in [-0.3, -0.25) is 14.5 Å². The molecule has 0 radical (unpaired) electrons. The molecule has 2 aromatic carbocycles. The zero-order valence-electron chi connectivity index (χ0n) is 16.9. The highest BCUT2D eigenvalue weighted by Crippen LogP contribution is 2.32. The largest absolute Gasteiger partial charge is 0.504 e. The maximum atomic E-state index is 13.3. The van der Waals surface area contributed by atoms with E-state index in [2.05, 4.69) is 0 Å². The molecule has 0 aromatic heterocycles. The number of ether oxygens (including phenoxy) is 2. The van der Waals surface area contributed by atoms with Crippen LogP contribution in [0.3, 0.4) is 0 Å². The van der Waals surface area contributed by atoms with Gasteiger partial charge in [-0.15, -0.1) is 0 Å². The van der Waals surface area contributed by atoms with Gasteiger partial charge in [0.05, 0.1) is 19.9 Å². The van der Waals surface area contributed by atoms with Crippen LogP contribution < -0.4 is 9.64 Å². The number of phenolic OH excluding ortho intramolecular Hbond substituents is 1. The number of phenols is 1. The Morgan fingerprint density at radius 3 is 2.47 bits per heavy atom. The Kier molecular flexibility index (Phi) is 6.37. The van der Waals surface area contributed by atoms with Crippen LogP contribution in [0.25, 0.3) is 6.08 Å². The number of nitrogens with zero attached hydrogens (tertiary/aromatic N) is 2. The monoisotopic (exact) mass is 426 g/mol. The third-order valence-corrected chi connectivity index (χ3v) is 5.16. The summed E-state index contributed by atoms with van der Waals surface area (Å²) in [7, 11) is 2.71. The van der Waals surface area contributed by atoms with Crippen LogP contribution in [0.15, 0.2) is 48.2 Å². The van der Waals surface area contributed by atoms with Crippen molar-refractivity contribution in [2.45, 2.75) is 13.3 Å². The van der Waals surface area contributed by atoms with Gasteiger partial charge in [0.15, 0.2) is 16.6 Å². The second kappa shape index (κ2) is 8.96. The maximum absolute atomic E-state index is 13.3. The fraction of sp³-hybridized carbons (Fsp3) is 0.227. The summed E-state index contributed by atoms with van der Waals surface area (Å²) in [6.45, 7) is 1.84. The third-order valence-electron chi connectivity index (χ3n) is 4.76. The van der Waals surface area contributed by atoms with Crippen molar-refractivity contribution < 1.29 is 24.2 Å². The lowest BCUT2D eigenvalue weighted by molar-refractivity contribution is -0.140. The predicted molar refractivity (Wildman–Crippen MR) is 117 cm³/mol. The Morgan fingerprint density at radius 2 is 1.87 bits per heavy atom. The molecule has 1 amide bonds. The molecule has 8 heteroatoms. The molecule has 0 atom stereocenters. The molecule has 30 heavy (non-hydrogen) atoms. The number of anilines is 1. The zero-order valence-corrected chi connectivity index (χ0v) is 17.7. The quantitative estimate of drug-likeness (QED) is 0.432. The summed E-state index contributed by atoms with van der Waals surface area (Å²) in [4.78, 5) is 28.1. The molecule has 1 N–H and O–H groups in total. The van der Waals surface area contributed by atoms with Crippen LogP contribution >= 0.6 is 12.2 Å². The minimum absolute atomic E-state index is 0.0167. The van der Waals surface area contributed by atoms with E-state index in [1.165, 1.54) is 30.1 Å². The van der Waals surface area contributed by atoms with E-state index in [0.29, 0.717) is 11.3 Å². The maximum Gasteiger partial charge on any atom is 0.325 e. The third kappa shape index (κ3) is 4.13. The highest BCUT2D eigenvalue weighted by Gasteiger charge is 2.40. The summed E-state index contributed by atoms with van der Waals surface area (Å²) in [5.41, 5.74) is 2.57. The van der Waals surface area contributed by atoms with Crippen molar-refractivity contribution >= 4 is 41.0 Å². The van der Waals surface area contributed by atoms with Crippen LogP contribution in [0.4, 0.5) is 5.69 Å². The molecule has 1 fully saturated rings. The van der Waals surface area contributed by atoms with E-state index in [0.717, 1.165) is 12.0 Å². The van der Waals surface area contributed by atoms with Gasteiger partial charge in [-0.05, 0) is 60.1 Å². The van der Waals surface area contributed by atoms with E-state index < -0.39 is 5.97 Å². The Morgan fingerprint density at radius 1 is 1.17 bits per heavy atom. The molecule has 1 aliphatic rings. The summed E-state index contributed by atoms with van der Waals surface area (Å²) in [5.74, 6) is -0.636. The fourth-order valence-corrected chi connectivity index (χ4v) is 3.43. The van der Waals surface area contributed by atoms with Crippen LogP contribution in [0.1, 0.15) is 18.1 Å². The van der Waals surface area contributed by atoms with Crippen LogP contribution in [0, 0.1) is 0 Å². The molecular weight excluding hydrogens is 404 g/mol. The number of aromatic hydroxyl groups is 1. The molecule has 1 saturated heterocycles.